The Bertz CT molecular complexity index is 663. The first-order valence-electron chi connectivity index (χ1n) is 6.65. The van der Waals surface area contributed by atoms with Crippen LogP contribution >= 0.6 is 11.3 Å². The maximum Gasteiger partial charge on any atom is 0.434 e. The fourth-order valence-corrected chi connectivity index (χ4v) is 2.70. The van der Waals surface area contributed by atoms with Gasteiger partial charge in [-0.1, -0.05) is 0 Å². The van der Waals surface area contributed by atoms with Gasteiger partial charge in [0.25, 0.3) is 5.91 Å². The van der Waals surface area contributed by atoms with Gasteiger partial charge in [0, 0.05) is 24.9 Å². The quantitative estimate of drug-likeness (QED) is 0.916. The Balaban J connectivity index is 1.91. The van der Waals surface area contributed by atoms with Gasteiger partial charge in [-0.05, 0) is 19.9 Å². The fraction of sp³-hybridized carbons (Fsp3) is 0.462. The molecule has 1 amide bonds. The van der Waals surface area contributed by atoms with Crippen molar-refractivity contribution in [3.63, 3.8) is 0 Å². The van der Waals surface area contributed by atoms with Crippen molar-refractivity contribution >= 4 is 17.2 Å². The third kappa shape index (κ3) is 3.85. The van der Waals surface area contributed by atoms with Gasteiger partial charge in [0.2, 0.25) is 0 Å². The molecule has 0 atom stereocenters. The first kappa shape index (κ1) is 16.5. The second kappa shape index (κ2) is 6.47. The third-order valence-corrected chi connectivity index (χ3v) is 3.81. The van der Waals surface area contributed by atoms with E-state index in [-0.39, 0.29) is 18.9 Å². The maximum atomic E-state index is 12.4. The van der Waals surface area contributed by atoms with E-state index in [1.165, 1.54) is 0 Å². The predicted octanol–water partition coefficient (Wildman–Crippen LogP) is 2.66. The highest BCUT2D eigenvalue weighted by atomic mass is 32.1. The van der Waals surface area contributed by atoms with Crippen LogP contribution in [-0.4, -0.2) is 27.2 Å². The second-order valence-corrected chi connectivity index (χ2v) is 5.56. The summed E-state index contributed by atoms with van der Waals surface area (Å²) in [5, 5.41) is 8.16. The molecule has 0 radical (unpaired) electrons. The fourth-order valence-electron chi connectivity index (χ4n) is 1.90. The van der Waals surface area contributed by atoms with E-state index in [0.717, 1.165) is 22.4 Å². The van der Waals surface area contributed by atoms with Crippen molar-refractivity contribution in [1.29, 1.82) is 0 Å². The summed E-state index contributed by atoms with van der Waals surface area (Å²) < 4.78 is 38.8. The molecule has 2 heterocycles. The van der Waals surface area contributed by atoms with Gasteiger partial charge in [0.15, 0.2) is 5.69 Å². The van der Waals surface area contributed by atoms with Gasteiger partial charge >= 0.3 is 6.18 Å². The molecule has 9 heteroatoms. The van der Waals surface area contributed by atoms with E-state index in [2.05, 4.69) is 15.4 Å². The van der Waals surface area contributed by atoms with Gasteiger partial charge < -0.3 is 5.32 Å². The summed E-state index contributed by atoms with van der Waals surface area (Å²) in [5.74, 6) is -0.296. The van der Waals surface area contributed by atoms with E-state index >= 15 is 0 Å². The molecule has 22 heavy (non-hydrogen) atoms. The summed E-state index contributed by atoms with van der Waals surface area (Å²) in [4.78, 5) is 15.5. The molecule has 0 bridgehead atoms. The molecule has 2 aromatic rings. The van der Waals surface area contributed by atoms with Crippen LogP contribution in [0.4, 0.5) is 13.2 Å². The Morgan fingerprint density at radius 3 is 2.77 bits per heavy atom. The van der Waals surface area contributed by atoms with Crippen LogP contribution in [0.25, 0.3) is 0 Å². The van der Waals surface area contributed by atoms with Crippen molar-refractivity contribution in [1.82, 2.24) is 20.1 Å². The summed E-state index contributed by atoms with van der Waals surface area (Å²) in [6.07, 6.45) is -4.17. The van der Waals surface area contributed by atoms with Gasteiger partial charge in [0.05, 0.1) is 10.7 Å². The number of hydrogen-bond donors (Lipinski definition) is 1. The lowest BCUT2D eigenvalue weighted by atomic mass is 10.3. The maximum absolute atomic E-state index is 12.4. The number of carbonyl (C=O) groups excluding carboxylic acids is 1. The SMILES string of the molecule is CCn1nc(C)cc1C(=O)NCCc1nc(C(F)(F)F)cs1. The molecular formula is C13H15F3N4OS. The highest BCUT2D eigenvalue weighted by Gasteiger charge is 2.33. The van der Waals surface area contributed by atoms with Crippen molar-refractivity contribution in [3.05, 3.63) is 33.5 Å². The summed E-state index contributed by atoms with van der Waals surface area (Å²) >= 11 is 0.936. The Kier molecular flexibility index (Phi) is 4.84. The number of alkyl halides is 3. The van der Waals surface area contributed by atoms with Crippen molar-refractivity contribution < 1.29 is 18.0 Å². The first-order valence-corrected chi connectivity index (χ1v) is 7.53. The minimum atomic E-state index is -4.43. The monoisotopic (exact) mass is 332 g/mol. The van der Waals surface area contributed by atoms with Crippen LogP contribution in [-0.2, 0) is 19.1 Å². The van der Waals surface area contributed by atoms with Crippen LogP contribution in [0.3, 0.4) is 0 Å². The number of aromatic nitrogens is 3. The van der Waals surface area contributed by atoms with Crippen LogP contribution in [0, 0.1) is 6.92 Å². The average Bonchev–Trinajstić information content (AvgIpc) is 3.04. The topological polar surface area (TPSA) is 59.8 Å². The van der Waals surface area contributed by atoms with E-state index in [1.54, 1.807) is 17.7 Å². The number of amides is 1. The van der Waals surface area contributed by atoms with Crippen molar-refractivity contribution in [3.8, 4) is 0 Å². The number of hydrogen-bond acceptors (Lipinski definition) is 4. The molecule has 0 aliphatic heterocycles. The summed E-state index contributed by atoms with van der Waals surface area (Å²) in [7, 11) is 0. The zero-order chi connectivity index (χ0) is 16.3. The molecule has 2 aromatic heterocycles. The number of carbonyl (C=O) groups is 1. The Hall–Kier alpha value is -1.90. The van der Waals surface area contributed by atoms with Gasteiger partial charge in [-0.3, -0.25) is 9.48 Å². The Labute approximate surface area is 129 Å². The molecule has 0 unspecified atom stereocenters. The van der Waals surface area contributed by atoms with Crippen LogP contribution in [0.2, 0.25) is 0 Å². The van der Waals surface area contributed by atoms with Gasteiger partial charge in [-0.15, -0.1) is 11.3 Å². The molecule has 0 fully saturated rings. The zero-order valence-corrected chi connectivity index (χ0v) is 12.9. The van der Waals surface area contributed by atoms with Crippen LogP contribution < -0.4 is 5.32 Å². The normalized spacial score (nSPS) is 11.7. The van der Waals surface area contributed by atoms with Gasteiger partial charge in [-0.2, -0.15) is 18.3 Å². The largest absolute Gasteiger partial charge is 0.434 e. The van der Waals surface area contributed by atoms with Crippen LogP contribution in [0.15, 0.2) is 11.4 Å². The lowest BCUT2D eigenvalue weighted by Crippen LogP contribution is -2.28. The minimum absolute atomic E-state index is 0.220. The van der Waals surface area contributed by atoms with Crippen molar-refractivity contribution in [2.24, 2.45) is 0 Å². The summed E-state index contributed by atoms with van der Waals surface area (Å²) in [6.45, 7) is 4.45. The zero-order valence-electron chi connectivity index (χ0n) is 12.1. The van der Waals surface area contributed by atoms with E-state index < -0.39 is 11.9 Å². The van der Waals surface area contributed by atoms with E-state index in [4.69, 9.17) is 0 Å². The lowest BCUT2D eigenvalue weighted by Gasteiger charge is -2.05. The molecule has 0 spiro atoms. The van der Waals surface area contributed by atoms with Crippen molar-refractivity contribution in [2.45, 2.75) is 33.0 Å². The first-order chi connectivity index (χ1) is 10.3. The number of halogens is 3. The van der Waals surface area contributed by atoms with Gasteiger partial charge in [-0.25, -0.2) is 4.98 Å². The molecule has 0 saturated carbocycles. The highest BCUT2D eigenvalue weighted by Crippen LogP contribution is 2.29. The standard InChI is InChI=1S/C13H15F3N4OS/c1-3-20-9(6-8(2)19-20)12(21)17-5-4-11-18-10(7-22-11)13(14,15)16/h6-7H,3-5H2,1-2H3,(H,17,21). The van der Waals surface area contributed by atoms with Crippen molar-refractivity contribution in [2.75, 3.05) is 6.54 Å². The summed E-state index contributed by atoms with van der Waals surface area (Å²) in [6, 6.07) is 1.67. The van der Waals surface area contributed by atoms with E-state index in [0.29, 0.717) is 17.2 Å². The number of nitrogens with one attached hydrogen (secondary N) is 1. The molecule has 120 valence electrons. The van der Waals surface area contributed by atoms with Gasteiger partial charge in [0.1, 0.15) is 5.69 Å². The molecule has 0 aliphatic carbocycles. The molecule has 0 aliphatic rings. The third-order valence-electron chi connectivity index (χ3n) is 2.90. The molecular weight excluding hydrogens is 317 g/mol. The number of nitrogens with zero attached hydrogens (tertiary/aromatic N) is 3. The molecule has 0 saturated heterocycles. The summed E-state index contributed by atoms with van der Waals surface area (Å²) in [5.41, 5.74) is 0.287. The number of aryl methyl sites for hydroxylation is 2. The Morgan fingerprint density at radius 2 is 2.18 bits per heavy atom. The number of thiazole rings is 1. The highest BCUT2D eigenvalue weighted by molar-refractivity contribution is 7.09. The molecule has 2 rings (SSSR count). The molecule has 0 aromatic carbocycles. The molecule has 5 nitrogen and oxygen atoms in total. The smallest absolute Gasteiger partial charge is 0.350 e. The predicted molar refractivity (Wildman–Crippen MR) is 75.8 cm³/mol. The van der Waals surface area contributed by atoms with E-state index in [1.807, 2.05) is 6.92 Å². The molecule has 1 N–H and O–H groups in total. The second-order valence-electron chi connectivity index (χ2n) is 4.62. The van der Waals surface area contributed by atoms with Crippen LogP contribution in [0.5, 0.6) is 0 Å². The van der Waals surface area contributed by atoms with Crippen LogP contribution in [0.1, 0.15) is 33.8 Å². The Morgan fingerprint density at radius 1 is 1.45 bits per heavy atom. The number of rotatable bonds is 5. The van der Waals surface area contributed by atoms with E-state index in [9.17, 15) is 18.0 Å². The minimum Gasteiger partial charge on any atom is -0.350 e. The lowest BCUT2D eigenvalue weighted by molar-refractivity contribution is -0.140. The average molecular weight is 332 g/mol.